The van der Waals surface area contributed by atoms with Crippen LogP contribution in [-0.4, -0.2) is 44.9 Å². The van der Waals surface area contributed by atoms with Gasteiger partial charge in [-0.1, -0.05) is 28.8 Å². The first-order valence-corrected chi connectivity index (χ1v) is 9.84. The number of rotatable bonds is 3. The van der Waals surface area contributed by atoms with Crippen LogP contribution in [0.25, 0.3) is 0 Å². The molecular formula is C19H24N4OS. The fraction of sp³-hybridized carbons (Fsp3) is 0.526. The number of likely N-dealkylation sites (tertiary alicyclic amines) is 1. The Morgan fingerprint density at radius 3 is 2.68 bits per heavy atom. The van der Waals surface area contributed by atoms with Crippen LogP contribution in [0.4, 0.5) is 0 Å². The summed E-state index contributed by atoms with van der Waals surface area (Å²) in [6.07, 6.45) is 2.91. The minimum absolute atomic E-state index is 0.183. The highest BCUT2D eigenvalue weighted by molar-refractivity contribution is 7.05. The van der Waals surface area contributed by atoms with Crippen LogP contribution in [0.15, 0.2) is 24.3 Å². The quantitative estimate of drug-likeness (QED) is 0.848. The standard InChI is InChI=1S/C19H24N4OS/c1-14-18(25-21-20-14)13-22-9-6-16(7-10-22)19(24)23-11-8-15-4-2-3-5-17(15)12-23/h2-5,16H,6-13H2,1H3. The van der Waals surface area contributed by atoms with Gasteiger partial charge in [-0.2, -0.15) is 0 Å². The average Bonchev–Trinajstić information content (AvgIpc) is 3.06. The van der Waals surface area contributed by atoms with Gasteiger partial charge in [-0.3, -0.25) is 9.69 Å². The molecule has 6 heteroatoms. The Kier molecular flexibility index (Phi) is 4.81. The molecule has 4 rings (SSSR count). The lowest BCUT2D eigenvalue weighted by Gasteiger charge is -2.36. The van der Waals surface area contributed by atoms with E-state index in [-0.39, 0.29) is 5.92 Å². The topological polar surface area (TPSA) is 49.3 Å². The maximum absolute atomic E-state index is 12.9. The van der Waals surface area contributed by atoms with E-state index in [1.54, 1.807) is 0 Å². The largest absolute Gasteiger partial charge is 0.338 e. The smallest absolute Gasteiger partial charge is 0.226 e. The normalized spacial score (nSPS) is 19.0. The van der Waals surface area contributed by atoms with Crippen LogP contribution in [0.2, 0.25) is 0 Å². The van der Waals surface area contributed by atoms with Gasteiger partial charge in [-0.05, 0) is 61.9 Å². The van der Waals surface area contributed by atoms with Crippen molar-refractivity contribution >= 4 is 17.4 Å². The third-order valence-electron chi connectivity index (χ3n) is 5.49. The Bertz CT molecular complexity index is 751. The second-order valence-electron chi connectivity index (χ2n) is 7.11. The van der Waals surface area contributed by atoms with Crippen molar-refractivity contribution in [2.45, 2.75) is 39.3 Å². The minimum Gasteiger partial charge on any atom is -0.338 e. The van der Waals surface area contributed by atoms with Crippen LogP contribution in [0.5, 0.6) is 0 Å². The Labute approximate surface area is 152 Å². The molecule has 0 spiro atoms. The zero-order valence-corrected chi connectivity index (χ0v) is 15.5. The van der Waals surface area contributed by atoms with Gasteiger partial charge in [0.1, 0.15) is 0 Å². The zero-order valence-electron chi connectivity index (χ0n) is 14.6. The molecular weight excluding hydrogens is 332 g/mol. The summed E-state index contributed by atoms with van der Waals surface area (Å²) in [5, 5.41) is 4.09. The Hall–Kier alpha value is -1.79. The number of carbonyl (C=O) groups is 1. The van der Waals surface area contributed by atoms with E-state index in [2.05, 4.69) is 43.7 Å². The molecule has 2 aliphatic heterocycles. The SMILES string of the molecule is Cc1nnsc1CN1CCC(C(=O)N2CCc3ccccc3C2)CC1. The lowest BCUT2D eigenvalue weighted by atomic mass is 9.93. The average molecular weight is 356 g/mol. The summed E-state index contributed by atoms with van der Waals surface area (Å²) in [4.78, 5) is 18.7. The first-order chi connectivity index (χ1) is 12.2. The molecule has 0 aliphatic carbocycles. The van der Waals surface area contributed by atoms with Gasteiger partial charge in [0.15, 0.2) is 0 Å². The van der Waals surface area contributed by atoms with Crippen molar-refractivity contribution in [1.29, 1.82) is 0 Å². The highest BCUT2D eigenvalue weighted by Crippen LogP contribution is 2.25. The summed E-state index contributed by atoms with van der Waals surface area (Å²) in [6, 6.07) is 8.50. The minimum atomic E-state index is 0.183. The number of aromatic nitrogens is 2. The number of hydrogen-bond donors (Lipinski definition) is 0. The third kappa shape index (κ3) is 3.60. The van der Waals surface area contributed by atoms with Gasteiger partial charge < -0.3 is 4.90 Å². The van der Waals surface area contributed by atoms with E-state index in [0.29, 0.717) is 5.91 Å². The first kappa shape index (κ1) is 16.7. The summed E-state index contributed by atoms with van der Waals surface area (Å²) in [7, 11) is 0. The van der Waals surface area contributed by atoms with E-state index in [1.165, 1.54) is 27.5 Å². The van der Waals surface area contributed by atoms with Crippen LogP contribution >= 0.6 is 11.5 Å². The molecule has 3 heterocycles. The lowest BCUT2D eigenvalue weighted by Crippen LogP contribution is -2.44. The van der Waals surface area contributed by atoms with E-state index in [9.17, 15) is 4.79 Å². The van der Waals surface area contributed by atoms with Crippen molar-refractivity contribution in [2.75, 3.05) is 19.6 Å². The van der Waals surface area contributed by atoms with Crippen molar-refractivity contribution in [3.63, 3.8) is 0 Å². The number of hydrogen-bond acceptors (Lipinski definition) is 5. The second kappa shape index (κ2) is 7.22. The van der Waals surface area contributed by atoms with Gasteiger partial charge in [-0.15, -0.1) is 5.10 Å². The van der Waals surface area contributed by atoms with Gasteiger partial charge in [-0.25, -0.2) is 0 Å². The van der Waals surface area contributed by atoms with Gasteiger partial charge in [0.25, 0.3) is 0 Å². The van der Waals surface area contributed by atoms with Gasteiger partial charge >= 0.3 is 0 Å². The zero-order chi connectivity index (χ0) is 17.2. The number of benzene rings is 1. The maximum atomic E-state index is 12.9. The van der Waals surface area contributed by atoms with Crippen LogP contribution in [0, 0.1) is 12.8 Å². The number of amides is 1. The lowest BCUT2D eigenvalue weighted by molar-refractivity contribution is -0.138. The molecule has 1 saturated heterocycles. The van der Waals surface area contributed by atoms with Crippen LogP contribution in [0.1, 0.15) is 34.5 Å². The van der Waals surface area contributed by atoms with Crippen molar-refractivity contribution in [3.05, 3.63) is 46.0 Å². The van der Waals surface area contributed by atoms with E-state index in [1.807, 2.05) is 6.92 Å². The predicted molar refractivity (Wildman–Crippen MR) is 98.2 cm³/mol. The van der Waals surface area contributed by atoms with Crippen molar-refractivity contribution in [1.82, 2.24) is 19.4 Å². The van der Waals surface area contributed by atoms with E-state index < -0.39 is 0 Å². The fourth-order valence-electron chi connectivity index (χ4n) is 3.88. The highest BCUT2D eigenvalue weighted by Gasteiger charge is 2.30. The molecule has 2 aromatic rings. The van der Waals surface area contributed by atoms with Gasteiger partial charge in [0.2, 0.25) is 5.91 Å². The molecule has 1 aromatic carbocycles. The molecule has 25 heavy (non-hydrogen) atoms. The van der Waals surface area contributed by atoms with Crippen molar-refractivity contribution in [3.8, 4) is 0 Å². The first-order valence-electron chi connectivity index (χ1n) is 9.06. The Morgan fingerprint density at radius 1 is 1.20 bits per heavy atom. The molecule has 1 aromatic heterocycles. The van der Waals surface area contributed by atoms with Crippen LogP contribution < -0.4 is 0 Å². The second-order valence-corrected chi connectivity index (χ2v) is 7.95. The Morgan fingerprint density at radius 2 is 1.96 bits per heavy atom. The maximum Gasteiger partial charge on any atom is 0.226 e. The van der Waals surface area contributed by atoms with Gasteiger partial charge in [0.05, 0.1) is 10.6 Å². The molecule has 2 aliphatic rings. The Balaban J connectivity index is 1.32. The van der Waals surface area contributed by atoms with E-state index in [0.717, 1.165) is 57.7 Å². The number of carbonyl (C=O) groups excluding carboxylic acids is 1. The van der Waals surface area contributed by atoms with Crippen molar-refractivity contribution in [2.24, 2.45) is 5.92 Å². The molecule has 0 radical (unpaired) electrons. The molecule has 0 N–H and O–H groups in total. The fourth-order valence-corrected chi connectivity index (χ4v) is 4.55. The number of aryl methyl sites for hydroxylation is 1. The predicted octanol–water partition coefficient (Wildman–Crippen LogP) is 2.64. The molecule has 1 amide bonds. The number of fused-ring (bicyclic) bond motifs is 1. The highest BCUT2D eigenvalue weighted by atomic mass is 32.1. The van der Waals surface area contributed by atoms with E-state index in [4.69, 9.17) is 0 Å². The molecule has 0 bridgehead atoms. The third-order valence-corrected chi connectivity index (χ3v) is 6.30. The molecule has 1 fully saturated rings. The molecule has 0 saturated carbocycles. The van der Waals surface area contributed by atoms with Crippen molar-refractivity contribution < 1.29 is 4.79 Å². The van der Waals surface area contributed by atoms with E-state index >= 15 is 0 Å². The monoisotopic (exact) mass is 356 g/mol. The molecule has 132 valence electrons. The summed E-state index contributed by atoms with van der Waals surface area (Å²) < 4.78 is 4.01. The van der Waals surface area contributed by atoms with Crippen LogP contribution in [0.3, 0.4) is 0 Å². The summed E-state index contributed by atoms with van der Waals surface area (Å²) >= 11 is 1.49. The molecule has 5 nitrogen and oxygen atoms in total. The number of piperidine rings is 1. The number of nitrogens with zero attached hydrogens (tertiary/aromatic N) is 4. The summed E-state index contributed by atoms with van der Waals surface area (Å²) in [5.41, 5.74) is 3.75. The van der Waals surface area contributed by atoms with Crippen LogP contribution in [-0.2, 0) is 24.3 Å². The molecule has 0 unspecified atom stereocenters. The summed E-state index contributed by atoms with van der Waals surface area (Å²) in [6.45, 7) is 6.55. The molecule has 0 atom stereocenters. The summed E-state index contributed by atoms with van der Waals surface area (Å²) in [5.74, 6) is 0.534. The van der Waals surface area contributed by atoms with Gasteiger partial charge in [0, 0.05) is 25.6 Å².